The Morgan fingerprint density at radius 1 is 0.360 bits per heavy atom. The van der Waals surface area contributed by atoms with E-state index in [-0.39, 0.29) is 0 Å². The predicted octanol–water partition coefficient (Wildman–Crippen LogP) is -0.344. The summed E-state index contributed by atoms with van der Waals surface area (Å²) in [4.78, 5) is 67.5. The Morgan fingerprint density at radius 2 is 0.520 bits per heavy atom. The molecule has 0 aromatic carbocycles. The van der Waals surface area contributed by atoms with Crippen LogP contribution in [0.15, 0.2) is 0 Å². The monoisotopic (exact) mass is 498 g/mol. The van der Waals surface area contributed by atoms with E-state index in [1.807, 2.05) is 0 Å². The maximum absolute atomic E-state index is 11.7. The maximum atomic E-state index is 11.7. The summed E-state index contributed by atoms with van der Waals surface area (Å²) in [6.07, 6.45) is 0. The molecule has 0 aromatic heterocycles. The van der Waals surface area contributed by atoms with Crippen molar-refractivity contribution in [3.63, 3.8) is 0 Å². The Bertz CT molecular complexity index is 623. The van der Waals surface area contributed by atoms with E-state index in [0.717, 1.165) is 0 Å². The minimum absolute atomic E-state index is 3.17. The van der Waals surface area contributed by atoms with Gasteiger partial charge in [0.05, 0.1) is 0 Å². The molecule has 0 saturated heterocycles. The largest absolute Gasteiger partial charge is 0.501 e. The maximum Gasteiger partial charge on any atom is 0.501 e. The van der Waals surface area contributed by atoms with Gasteiger partial charge in [0.1, 0.15) is 0 Å². The normalized spacial score (nSPS) is 15.4. The minimum atomic E-state index is -6.48. The molecule has 0 aliphatic carbocycles. The van der Waals surface area contributed by atoms with Crippen LogP contribution in [0.4, 0.5) is 0 Å². The van der Waals surface area contributed by atoms with E-state index in [1.165, 1.54) is 0 Å². The van der Waals surface area contributed by atoms with E-state index < -0.39 is 46.9 Å². The van der Waals surface area contributed by atoms with Crippen molar-refractivity contribution in [1.29, 1.82) is 0 Å². The first kappa shape index (κ1) is 25.9. The molecule has 19 nitrogen and oxygen atoms in total. The van der Waals surface area contributed by atoms with Crippen molar-refractivity contribution >= 4 is 46.9 Å². The number of hydrogen-bond donors (Lipinski definition) is 8. The van der Waals surface area contributed by atoms with Gasteiger partial charge < -0.3 is 39.1 Å². The van der Waals surface area contributed by atoms with Crippen LogP contribution in [0.5, 0.6) is 0 Å². The third-order valence-electron chi connectivity index (χ3n) is 1.03. The third kappa shape index (κ3) is 13.6. The summed E-state index contributed by atoms with van der Waals surface area (Å²) in [5, 5.41) is 0. The van der Waals surface area contributed by atoms with E-state index >= 15 is 0 Å². The van der Waals surface area contributed by atoms with Gasteiger partial charge in [0.25, 0.3) is 0 Å². The van der Waals surface area contributed by atoms with Crippen molar-refractivity contribution in [1.82, 2.24) is 0 Å². The fraction of sp³-hybridized carbons (Fsp3) is 0. The van der Waals surface area contributed by atoms with Gasteiger partial charge in [0, 0.05) is 0 Å². The lowest BCUT2D eigenvalue weighted by atomic mass is 15.7. The Morgan fingerprint density at radius 3 is 0.640 bits per heavy atom. The molecule has 0 aliphatic heterocycles. The molecule has 0 amide bonds. The number of rotatable bonds is 10. The van der Waals surface area contributed by atoms with E-state index in [1.54, 1.807) is 0 Å². The lowest BCUT2D eigenvalue weighted by Gasteiger charge is -2.22. The molecule has 0 atom stereocenters. The molecule has 0 aromatic rings. The minimum Gasteiger partial charge on any atom is -0.302 e. The van der Waals surface area contributed by atoms with Gasteiger partial charge in [0.2, 0.25) is 0 Å². The molecule has 8 N–H and O–H groups in total. The van der Waals surface area contributed by atoms with Crippen LogP contribution in [0.2, 0.25) is 0 Å². The lowest BCUT2D eigenvalue weighted by molar-refractivity contribution is 0.177. The standard InChI is InChI=1S/H8O19P6/c1-20(2,3)15-24(13,16-21(4,5)6)19-25(14,17-22(7,8)9)18-23(10,11)12/h(H2,1,2,3)(H2,4,5,6)(H2,7,8,9)(H2,10,11,12). The van der Waals surface area contributed by atoms with Gasteiger partial charge in [-0.05, 0) is 0 Å². The van der Waals surface area contributed by atoms with Crippen LogP contribution in [-0.4, -0.2) is 39.1 Å². The van der Waals surface area contributed by atoms with Crippen LogP contribution in [0, 0.1) is 0 Å². The fourth-order valence-electron chi connectivity index (χ4n) is 0.733. The quantitative estimate of drug-likeness (QED) is 0.179. The zero-order valence-electron chi connectivity index (χ0n) is 10.8. The Labute approximate surface area is 136 Å². The summed E-state index contributed by atoms with van der Waals surface area (Å²) < 4.78 is 82.0. The average molecular weight is 498 g/mol. The summed E-state index contributed by atoms with van der Waals surface area (Å²) in [6.45, 7) is 0. The topological polar surface area (TPSA) is 310 Å². The highest BCUT2D eigenvalue weighted by atomic mass is 31.3. The molecule has 152 valence electrons. The molecule has 0 bridgehead atoms. The molecule has 0 aliphatic rings. The SMILES string of the molecule is O=P(O)(O)OP(=O)(OP(=O)(O)O)OP(=O)(OP(=O)(O)O)OP(=O)(O)O. The molecule has 0 rings (SSSR count). The van der Waals surface area contributed by atoms with Gasteiger partial charge in [-0.15, -0.1) is 0 Å². The highest BCUT2D eigenvalue weighted by Crippen LogP contribution is 2.79. The fourth-order valence-corrected chi connectivity index (χ4v) is 8.21. The van der Waals surface area contributed by atoms with Crippen molar-refractivity contribution in [3.05, 3.63) is 0 Å². The van der Waals surface area contributed by atoms with Crippen molar-refractivity contribution in [2.45, 2.75) is 0 Å². The zero-order valence-corrected chi connectivity index (χ0v) is 16.1. The summed E-state index contributed by atoms with van der Waals surface area (Å²) in [5.74, 6) is 0. The van der Waals surface area contributed by atoms with Gasteiger partial charge in [-0.1, -0.05) is 0 Å². The molecular formula is H8O19P6. The summed E-state index contributed by atoms with van der Waals surface area (Å²) in [5.41, 5.74) is 0. The van der Waals surface area contributed by atoms with Crippen molar-refractivity contribution in [2.24, 2.45) is 0 Å². The third-order valence-corrected chi connectivity index (χ3v) is 9.23. The molecule has 0 radical (unpaired) electrons. The smallest absolute Gasteiger partial charge is 0.302 e. The molecule has 0 spiro atoms. The second-order valence-corrected chi connectivity index (χ2v) is 12.2. The van der Waals surface area contributed by atoms with E-state index in [2.05, 4.69) is 21.6 Å². The van der Waals surface area contributed by atoms with Crippen LogP contribution in [-0.2, 0) is 48.9 Å². The van der Waals surface area contributed by atoms with Gasteiger partial charge in [-0.3, -0.25) is 0 Å². The highest BCUT2D eigenvalue weighted by Gasteiger charge is 2.53. The molecule has 25 heteroatoms. The molecule has 0 unspecified atom stereocenters. The van der Waals surface area contributed by atoms with Gasteiger partial charge in [0.15, 0.2) is 0 Å². The average Bonchev–Trinajstić information content (AvgIpc) is 1.97. The summed E-state index contributed by atoms with van der Waals surface area (Å²) in [7, 11) is -37.1. The number of phosphoric acid groups is 6. The molecule has 0 heterocycles. The second-order valence-electron chi connectivity index (χ2n) is 3.26. The summed E-state index contributed by atoms with van der Waals surface area (Å²) >= 11 is 0. The highest BCUT2D eigenvalue weighted by molar-refractivity contribution is 7.75. The van der Waals surface area contributed by atoms with Crippen molar-refractivity contribution in [3.8, 4) is 0 Å². The van der Waals surface area contributed by atoms with Crippen molar-refractivity contribution < 1.29 is 88.1 Å². The zero-order chi connectivity index (χ0) is 20.5. The molecular weight excluding hydrogens is 490 g/mol. The van der Waals surface area contributed by atoms with Gasteiger partial charge >= 0.3 is 46.9 Å². The second kappa shape index (κ2) is 8.08. The Balaban J connectivity index is 6.06. The van der Waals surface area contributed by atoms with Crippen LogP contribution in [0.3, 0.4) is 0 Å². The first-order chi connectivity index (χ1) is 10.5. The lowest BCUT2D eigenvalue weighted by Crippen LogP contribution is -2.01. The van der Waals surface area contributed by atoms with Crippen LogP contribution >= 0.6 is 46.9 Å². The molecule has 0 saturated carbocycles. The van der Waals surface area contributed by atoms with Gasteiger partial charge in [-0.25, -0.2) is 27.4 Å². The predicted molar refractivity (Wildman–Crippen MR) is 68.8 cm³/mol. The first-order valence-electron chi connectivity index (χ1n) is 4.52. The Hall–Kier alpha value is 0.860. The van der Waals surface area contributed by atoms with Crippen LogP contribution in [0.25, 0.3) is 0 Å². The molecule has 25 heavy (non-hydrogen) atoms. The van der Waals surface area contributed by atoms with Gasteiger partial charge in [-0.2, -0.15) is 21.6 Å². The van der Waals surface area contributed by atoms with E-state index in [4.69, 9.17) is 39.1 Å². The van der Waals surface area contributed by atoms with Crippen LogP contribution < -0.4 is 0 Å². The van der Waals surface area contributed by atoms with E-state index in [9.17, 15) is 27.4 Å². The van der Waals surface area contributed by atoms with E-state index in [0.29, 0.717) is 0 Å². The summed E-state index contributed by atoms with van der Waals surface area (Å²) in [6, 6.07) is 0. The van der Waals surface area contributed by atoms with Crippen LogP contribution in [0.1, 0.15) is 0 Å². The Kier molecular flexibility index (Phi) is 8.35. The molecule has 0 fully saturated rings. The van der Waals surface area contributed by atoms with Crippen molar-refractivity contribution in [2.75, 3.05) is 0 Å². The number of hydrogen-bond acceptors (Lipinski definition) is 11. The first-order valence-corrected chi connectivity index (χ1v) is 13.6.